The van der Waals surface area contributed by atoms with Crippen molar-refractivity contribution >= 4 is 5.97 Å². The van der Waals surface area contributed by atoms with Gasteiger partial charge in [-0.3, -0.25) is 4.79 Å². The van der Waals surface area contributed by atoms with Crippen molar-refractivity contribution in [2.75, 3.05) is 19.8 Å². The van der Waals surface area contributed by atoms with Crippen molar-refractivity contribution in [2.24, 2.45) is 51.2 Å². The first-order valence-corrected chi connectivity index (χ1v) is 15.1. The fourth-order valence-electron chi connectivity index (χ4n) is 10.4. The molecule has 4 fully saturated rings. The van der Waals surface area contributed by atoms with Crippen LogP contribution in [0.15, 0.2) is 24.3 Å². The molecule has 4 heteroatoms. The maximum absolute atomic E-state index is 11.3. The molecule has 4 rings (SSSR count). The van der Waals surface area contributed by atoms with Gasteiger partial charge in [-0.25, -0.2) is 0 Å². The number of fused-ring (bicyclic) bond motifs is 5. The molecule has 4 saturated carbocycles. The van der Waals surface area contributed by atoms with E-state index < -0.39 is 0 Å². The van der Waals surface area contributed by atoms with Crippen LogP contribution < -0.4 is 0 Å². The van der Waals surface area contributed by atoms with E-state index in [0.29, 0.717) is 35.7 Å². The average Bonchev–Trinajstić information content (AvgIpc) is 3.26. The van der Waals surface area contributed by atoms with Crippen molar-refractivity contribution in [3.8, 4) is 0 Å². The van der Waals surface area contributed by atoms with Crippen LogP contribution in [-0.4, -0.2) is 36.0 Å². The van der Waals surface area contributed by atoms with Gasteiger partial charge in [0.15, 0.2) is 0 Å². The summed E-state index contributed by atoms with van der Waals surface area (Å²) < 4.78 is 5.26. The Labute approximate surface area is 226 Å². The lowest BCUT2D eigenvalue weighted by atomic mass is 9.35. The average molecular weight is 515 g/mol. The number of aliphatic hydroxyl groups excluding tert-OH is 2. The molecule has 4 aliphatic rings. The molecule has 210 valence electrons. The van der Waals surface area contributed by atoms with Crippen LogP contribution in [0.4, 0.5) is 0 Å². The van der Waals surface area contributed by atoms with E-state index in [1.807, 2.05) is 0 Å². The first kappa shape index (κ1) is 28.9. The highest BCUT2D eigenvalue weighted by atomic mass is 16.5. The van der Waals surface area contributed by atoms with Crippen molar-refractivity contribution in [2.45, 2.75) is 105 Å². The number of ether oxygens (including phenoxy) is 1. The summed E-state index contributed by atoms with van der Waals surface area (Å²) in [6.07, 6.45) is 13.0. The van der Waals surface area contributed by atoms with Gasteiger partial charge in [-0.2, -0.15) is 0 Å². The third-order valence-corrected chi connectivity index (χ3v) is 12.9. The Hall–Kier alpha value is -1.13. The predicted octanol–water partition coefficient (Wildman–Crippen LogP) is 7.10. The zero-order valence-electron chi connectivity index (χ0n) is 24.4. The Balaban J connectivity index is 1.57. The van der Waals surface area contributed by atoms with E-state index in [0.717, 1.165) is 37.7 Å². The van der Waals surface area contributed by atoms with Crippen LogP contribution in [0.1, 0.15) is 105 Å². The molecule has 9 atom stereocenters. The SMILES string of the molecule is C=C(CCC1(C)CCCC2(C)C1CCC1C3C(C(=C)CO)CCC3(CO)CCC12C)C(C)COC(C)=O. The van der Waals surface area contributed by atoms with E-state index in [2.05, 4.69) is 40.9 Å². The predicted molar refractivity (Wildman–Crippen MR) is 150 cm³/mol. The molecule has 37 heavy (non-hydrogen) atoms. The molecule has 0 bridgehead atoms. The lowest BCUT2D eigenvalue weighted by Gasteiger charge is -2.69. The Bertz CT molecular complexity index is 895. The number of carbonyl (C=O) groups excluding carboxylic acids is 1. The smallest absolute Gasteiger partial charge is 0.302 e. The van der Waals surface area contributed by atoms with Crippen LogP contribution in [0.3, 0.4) is 0 Å². The van der Waals surface area contributed by atoms with Gasteiger partial charge in [-0.05, 0) is 115 Å². The van der Waals surface area contributed by atoms with Crippen LogP contribution in [0.25, 0.3) is 0 Å². The summed E-state index contributed by atoms with van der Waals surface area (Å²) in [6.45, 7) is 20.9. The van der Waals surface area contributed by atoms with Crippen LogP contribution in [0.5, 0.6) is 0 Å². The molecule has 0 amide bonds. The van der Waals surface area contributed by atoms with Crippen LogP contribution in [0, 0.1) is 51.2 Å². The summed E-state index contributed by atoms with van der Waals surface area (Å²) in [6, 6.07) is 0. The summed E-state index contributed by atoms with van der Waals surface area (Å²) in [5.41, 5.74) is 3.04. The van der Waals surface area contributed by atoms with Gasteiger partial charge < -0.3 is 14.9 Å². The van der Waals surface area contributed by atoms with Gasteiger partial charge in [0.1, 0.15) is 0 Å². The van der Waals surface area contributed by atoms with Gasteiger partial charge >= 0.3 is 5.97 Å². The maximum atomic E-state index is 11.3. The van der Waals surface area contributed by atoms with Crippen LogP contribution in [0.2, 0.25) is 0 Å². The summed E-state index contributed by atoms with van der Waals surface area (Å²) in [5, 5.41) is 20.7. The minimum atomic E-state index is -0.218. The molecule has 0 aromatic carbocycles. The Morgan fingerprint density at radius 3 is 2.38 bits per heavy atom. The molecule has 0 radical (unpaired) electrons. The molecule has 2 N–H and O–H groups in total. The second kappa shape index (κ2) is 10.5. The van der Waals surface area contributed by atoms with E-state index in [4.69, 9.17) is 4.74 Å². The first-order chi connectivity index (χ1) is 17.4. The van der Waals surface area contributed by atoms with Crippen molar-refractivity contribution in [1.82, 2.24) is 0 Å². The second-order valence-corrected chi connectivity index (χ2v) is 14.4. The quantitative estimate of drug-likeness (QED) is 0.254. The number of carbonyl (C=O) groups is 1. The molecule has 0 aromatic rings. The van der Waals surface area contributed by atoms with Gasteiger partial charge in [-0.1, -0.05) is 52.8 Å². The van der Waals surface area contributed by atoms with Crippen molar-refractivity contribution in [1.29, 1.82) is 0 Å². The van der Waals surface area contributed by atoms with Gasteiger partial charge in [-0.15, -0.1) is 0 Å². The maximum Gasteiger partial charge on any atom is 0.302 e. The van der Waals surface area contributed by atoms with E-state index in [-0.39, 0.29) is 41.3 Å². The summed E-state index contributed by atoms with van der Waals surface area (Å²) in [4.78, 5) is 11.3. The molecule has 4 nitrogen and oxygen atoms in total. The van der Waals surface area contributed by atoms with Crippen molar-refractivity contribution in [3.63, 3.8) is 0 Å². The Morgan fingerprint density at radius 1 is 1.00 bits per heavy atom. The summed E-state index contributed by atoms with van der Waals surface area (Å²) in [7, 11) is 0. The lowest BCUT2D eigenvalue weighted by Crippen LogP contribution is -2.63. The van der Waals surface area contributed by atoms with Gasteiger partial charge in [0.25, 0.3) is 0 Å². The fourth-order valence-corrected chi connectivity index (χ4v) is 10.4. The molecular weight excluding hydrogens is 460 g/mol. The summed E-state index contributed by atoms with van der Waals surface area (Å²) >= 11 is 0. The van der Waals surface area contributed by atoms with E-state index in [1.165, 1.54) is 51.0 Å². The van der Waals surface area contributed by atoms with Crippen LogP contribution >= 0.6 is 0 Å². The lowest BCUT2D eigenvalue weighted by molar-refractivity contribution is -0.210. The van der Waals surface area contributed by atoms with Gasteiger partial charge in [0, 0.05) is 19.4 Å². The first-order valence-electron chi connectivity index (χ1n) is 15.1. The van der Waals surface area contributed by atoms with E-state index >= 15 is 0 Å². The highest BCUT2D eigenvalue weighted by Gasteiger charge is 2.68. The largest absolute Gasteiger partial charge is 0.465 e. The highest BCUT2D eigenvalue weighted by molar-refractivity contribution is 5.65. The third kappa shape index (κ3) is 4.66. The monoisotopic (exact) mass is 514 g/mol. The molecule has 0 heterocycles. The molecule has 0 aromatic heterocycles. The zero-order chi connectivity index (χ0) is 27.2. The second-order valence-electron chi connectivity index (χ2n) is 14.4. The normalized spacial score (nSPS) is 43.8. The number of aliphatic hydroxyl groups is 2. The molecular formula is C33H54O4. The molecule has 0 saturated heterocycles. The number of rotatable bonds is 9. The molecule has 4 aliphatic carbocycles. The van der Waals surface area contributed by atoms with Crippen molar-refractivity contribution < 1.29 is 19.7 Å². The Kier molecular flexibility index (Phi) is 8.15. The minimum Gasteiger partial charge on any atom is -0.465 e. The molecule has 9 unspecified atom stereocenters. The van der Waals surface area contributed by atoms with Crippen molar-refractivity contribution in [3.05, 3.63) is 24.3 Å². The Morgan fingerprint density at radius 2 is 1.73 bits per heavy atom. The van der Waals surface area contributed by atoms with Gasteiger partial charge in [0.2, 0.25) is 0 Å². The fraction of sp³-hybridized carbons (Fsp3) is 0.848. The molecule has 0 spiro atoms. The number of hydrogen-bond donors (Lipinski definition) is 2. The standard InChI is InChI=1S/C33H54O4/c1-22(24(3)20-37-25(4)36)11-15-30(5)13-8-14-32(7)28(30)10-9-27-29-26(23(2)19-34)12-16-33(29,21-35)18-17-31(27,32)6/h24,26-29,34-35H,1-2,8-21H2,3-7H3. The van der Waals surface area contributed by atoms with E-state index in [9.17, 15) is 15.0 Å². The summed E-state index contributed by atoms with van der Waals surface area (Å²) in [5.74, 6) is 2.05. The third-order valence-electron chi connectivity index (χ3n) is 12.9. The van der Waals surface area contributed by atoms with Gasteiger partial charge in [0.05, 0.1) is 13.2 Å². The number of hydrogen-bond acceptors (Lipinski definition) is 4. The zero-order valence-corrected chi connectivity index (χ0v) is 24.4. The topological polar surface area (TPSA) is 66.8 Å². The molecule has 0 aliphatic heterocycles. The van der Waals surface area contributed by atoms with Crippen LogP contribution in [-0.2, 0) is 9.53 Å². The minimum absolute atomic E-state index is 0.0178. The number of esters is 1. The highest BCUT2D eigenvalue weighted by Crippen LogP contribution is 2.75. The van der Waals surface area contributed by atoms with E-state index in [1.54, 1.807) is 0 Å².